The molecule has 1 aliphatic heterocycles. The summed E-state index contributed by atoms with van der Waals surface area (Å²) in [7, 11) is 1.44. The molecule has 0 unspecified atom stereocenters. The SMILES string of the molecule is COC(=O)CC[C@@H]1C[C@H](C)CN1. The highest BCUT2D eigenvalue weighted by atomic mass is 16.5. The van der Waals surface area contributed by atoms with Gasteiger partial charge in [-0.05, 0) is 25.3 Å². The van der Waals surface area contributed by atoms with Crippen LogP contribution in [0.2, 0.25) is 0 Å². The molecule has 0 aromatic heterocycles. The lowest BCUT2D eigenvalue weighted by Crippen LogP contribution is -2.22. The molecule has 0 amide bonds. The minimum absolute atomic E-state index is 0.101. The third-order valence-corrected chi connectivity index (χ3v) is 2.37. The van der Waals surface area contributed by atoms with Gasteiger partial charge in [0.25, 0.3) is 0 Å². The fraction of sp³-hybridized carbons (Fsp3) is 0.889. The minimum atomic E-state index is -0.101. The summed E-state index contributed by atoms with van der Waals surface area (Å²) < 4.78 is 4.57. The number of methoxy groups -OCH3 is 1. The van der Waals surface area contributed by atoms with E-state index in [2.05, 4.69) is 17.0 Å². The molecule has 3 nitrogen and oxygen atoms in total. The molecule has 0 aromatic carbocycles. The quantitative estimate of drug-likeness (QED) is 0.642. The van der Waals surface area contributed by atoms with E-state index in [1.807, 2.05) is 0 Å². The van der Waals surface area contributed by atoms with Crippen LogP contribution < -0.4 is 5.32 Å². The van der Waals surface area contributed by atoms with Crippen molar-refractivity contribution in [3.8, 4) is 0 Å². The second kappa shape index (κ2) is 4.45. The van der Waals surface area contributed by atoms with Crippen molar-refractivity contribution in [1.82, 2.24) is 5.32 Å². The van der Waals surface area contributed by atoms with E-state index in [1.165, 1.54) is 13.5 Å². The maximum absolute atomic E-state index is 10.8. The van der Waals surface area contributed by atoms with Crippen LogP contribution in [0, 0.1) is 5.92 Å². The first-order chi connectivity index (χ1) is 5.72. The van der Waals surface area contributed by atoms with E-state index in [-0.39, 0.29) is 5.97 Å². The lowest BCUT2D eigenvalue weighted by atomic mass is 10.0. The lowest BCUT2D eigenvalue weighted by Gasteiger charge is -2.07. The van der Waals surface area contributed by atoms with Crippen molar-refractivity contribution in [3.63, 3.8) is 0 Å². The highest BCUT2D eigenvalue weighted by molar-refractivity contribution is 5.69. The third kappa shape index (κ3) is 2.81. The minimum Gasteiger partial charge on any atom is -0.469 e. The molecule has 1 rings (SSSR count). The van der Waals surface area contributed by atoms with Crippen LogP contribution in [-0.2, 0) is 9.53 Å². The molecule has 1 aliphatic rings. The average Bonchev–Trinajstić information content (AvgIpc) is 2.47. The van der Waals surface area contributed by atoms with Crippen molar-refractivity contribution in [2.75, 3.05) is 13.7 Å². The molecule has 0 aliphatic carbocycles. The second-order valence-electron chi connectivity index (χ2n) is 3.56. The first-order valence-corrected chi connectivity index (χ1v) is 4.52. The summed E-state index contributed by atoms with van der Waals surface area (Å²) in [5.41, 5.74) is 0. The zero-order valence-corrected chi connectivity index (χ0v) is 7.80. The van der Waals surface area contributed by atoms with Crippen molar-refractivity contribution < 1.29 is 9.53 Å². The molecule has 2 atom stereocenters. The molecular formula is C9H17NO2. The van der Waals surface area contributed by atoms with E-state index in [0.717, 1.165) is 18.9 Å². The van der Waals surface area contributed by atoms with Crippen LogP contribution in [0.25, 0.3) is 0 Å². The monoisotopic (exact) mass is 171 g/mol. The third-order valence-electron chi connectivity index (χ3n) is 2.37. The number of esters is 1. The van der Waals surface area contributed by atoms with E-state index in [9.17, 15) is 4.79 Å². The van der Waals surface area contributed by atoms with Gasteiger partial charge in [-0.15, -0.1) is 0 Å². The molecule has 0 radical (unpaired) electrons. The van der Waals surface area contributed by atoms with Gasteiger partial charge in [0.2, 0.25) is 0 Å². The van der Waals surface area contributed by atoms with Crippen molar-refractivity contribution >= 4 is 5.97 Å². The van der Waals surface area contributed by atoms with Gasteiger partial charge in [-0.3, -0.25) is 4.79 Å². The Hall–Kier alpha value is -0.570. The van der Waals surface area contributed by atoms with Crippen LogP contribution in [-0.4, -0.2) is 25.7 Å². The normalized spacial score (nSPS) is 28.8. The van der Waals surface area contributed by atoms with Gasteiger partial charge in [0.1, 0.15) is 0 Å². The van der Waals surface area contributed by atoms with Gasteiger partial charge in [0, 0.05) is 12.5 Å². The Kier molecular flexibility index (Phi) is 3.53. The zero-order valence-electron chi connectivity index (χ0n) is 7.80. The van der Waals surface area contributed by atoms with E-state index < -0.39 is 0 Å². The number of carbonyl (C=O) groups excluding carboxylic acids is 1. The van der Waals surface area contributed by atoms with Crippen LogP contribution in [0.5, 0.6) is 0 Å². The highest BCUT2D eigenvalue weighted by Crippen LogP contribution is 2.16. The topological polar surface area (TPSA) is 38.3 Å². The van der Waals surface area contributed by atoms with Crippen LogP contribution in [0.15, 0.2) is 0 Å². The van der Waals surface area contributed by atoms with E-state index in [0.29, 0.717) is 12.5 Å². The molecule has 0 saturated carbocycles. The maximum Gasteiger partial charge on any atom is 0.305 e. The van der Waals surface area contributed by atoms with Gasteiger partial charge in [-0.25, -0.2) is 0 Å². The average molecular weight is 171 g/mol. The summed E-state index contributed by atoms with van der Waals surface area (Å²) in [6.07, 6.45) is 2.65. The Morgan fingerprint density at radius 1 is 1.67 bits per heavy atom. The van der Waals surface area contributed by atoms with E-state index >= 15 is 0 Å². The Morgan fingerprint density at radius 3 is 2.92 bits per heavy atom. The summed E-state index contributed by atoms with van der Waals surface area (Å²) in [4.78, 5) is 10.8. The molecule has 0 bridgehead atoms. The number of nitrogens with one attached hydrogen (secondary N) is 1. The van der Waals surface area contributed by atoms with Gasteiger partial charge in [0.15, 0.2) is 0 Å². The van der Waals surface area contributed by atoms with Crippen molar-refractivity contribution in [2.45, 2.75) is 32.2 Å². The largest absolute Gasteiger partial charge is 0.469 e. The van der Waals surface area contributed by atoms with Crippen LogP contribution >= 0.6 is 0 Å². The Bertz CT molecular complexity index is 159. The van der Waals surface area contributed by atoms with Crippen molar-refractivity contribution in [2.24, 2.45) is 5.92 Å². The van der Waals surface area contributed by atoms with Crippen molar-refractivity contribution in [1.29, 1.82) is 0 Å². The molecule has 12 heavy (non-hydrogen) atoms. The highest BCUT2D eigenvalue weighted by Gasteiger charge is 2.20. The van der Waals surface area contributed by atoms with Gasteiger partial charge in [-0.2, -0.15) is 0 Å². The lowest BCUT2D eigenvalue weighted by molar-refractivity contribution is -0.140. The van der Waals surface area contributed by atoms with Gasteiger partial charge in [-0.1, -0.05) is 6.92 Å². The Balaban J connectivity index is 2.11. The fourth-order valence-electron chi connectivity index (χ4n) is 1.63. The first kappa shape index (κ1) is 9.52. The molecular weight excluding hydrogens is 154 g/mol. The molecule has 1 fully saturated rings. The smallest absolute Gasteiger partial charge is 0.305 e. The van der Waals surface area contributed by atoms with Crippen LogP contribution in [0.1, 0.15) is 26.2 Å². The molecule has 1 saturated heterocycles. The number of hydrogen-bond acceptors (Lipinski definition) is 3. The number of ether oxygens (including phenoxy) is 1. The Labute approximate surface area is 73.5 Å². The van der Waals surface area contributed by atoms with Crippen LogP contribution in [0.3, 0.4) is 0 Å². The van der Waals surface area contributed by atoms with Gasteiger partial charge >= 0.3 is 5.97 Å². The summed E-state index contributed by atoms with van der Waals surface area (Å²) >= 11 is 0. The van der Waals surface area contributed by atoms with E-state index in [4.69, 9.17) is 0 Å². The Morgan fingerprint density at radius 2 is 2.42 bits per heavy atom. The predicted octanol–water partition coefficient (Wildman–Crippen LogP) is 0.938. The fourth-order valence-corrected chi connectivity index (χ4v) is 1.63. The maximum atomic E-state index is 10.8. The standard InChI is InChI=1S/C9H17NO2/c1-7-5-8(10-6-7)3-4-9(11)12-2/h7-8,10H,3-6H2,1-2H3/t7-,8+/m0/s1. The van der Waals surface area contributed by atoms with E-state index in [1.54, 1.807) is 0 Å². The summed E-state index contributed by atoms with van der Waals surface area (Å²) in [5.74, 6) is 0.656. The number of rotatable bonds is 3. The molecule has 3 heteroatoms. The molecule has 70 valence electrons. The number of hydrogen-bond donors (Lipinski definition) is 1. The predicted molar refractivity (Wildman–Crippen MR) is 46.8 cm³/mol. The second-order valence-corrected chi connectivity index (χ2v) is 3.56. The summed E-state index contributed by atoms with van der Waals surface area (Å²) in [5, 5.41) is 3.38. The molecule has 1 heterocycles. The van der Waals surface area contributed by atoms with Gasteiger partial charge < -0.3 is 10.1 Å². The molecule has 0 aromatic rings. The molecule has 1 N–H and O–H groups in total. The number of carbonyl (C=O) groups is 1. The van der Waals surface area contributed by atoms with Crippen molar-refractivity contribution in [3.05, 3.63) is 0 Å². The summed E-state index contributed by atoms with van der Waals surface area (Å²) in [6.45, 7) is 3.32. The zero-order chi connectivity index (χ0) is 8.97. The first-order valence-electron chi connectivity index (χ1n) is 4.52. The van der Waals surface area contributed by atoms with Gasteiger partial charge in [0.05, 0.1) is 7.11 Å². The summed E-state index contributed by atoms with van der Waals surface area (Å²) in [6, 6.07) is 0.527. The molecule has 0 spiro atoms. The van der Waals surface area contributed by atoms with Crippen LogP contribution in [0.4, 0.5) is 0 Å².